The first-order valence-electron chi connectivity index (χ1n) is 4.21. The summed E-state index contributed by atoms with van der Waals surface area (Å²) < 4.78 is 0.748. The molecule has 1 aromatic rings. The summed E-state index contributed by atoms with van der Waals surface area (Å²) in [6.45, 7) is 1.73. The third-order valence-corrected chi connectivity index (χ3v) is 2.53. The molecule has 1 amide bonds. The van der Waals surface area contributed by atoms with E-state index in [1.165, 1.54) is 6.20 Å². The van der Waals surface area contributed by atoms with Crippen molar-refractivity contribution in [3.8, 4) is 0 Å². The van der Waals surface area contributed by atoms with E-state index in [-0.39, 0.29) is 16.9 Å². The fourth-order valence-electron chi connectivity index (χ4n) is 0.887. The number of nitrogens with one attached hydrogen (secondary N) is 1. The van der Waals surface area contributed by atoms with Crippen molar-refractivity contribution in [1.29, 1.82) is 0 Å². The molecule has 0 saturated heterocycles. The van der Waals surface area contributed by atoms with Gasteiger partial charge in [0.2, 0.25) is 0 Å². The molecule has 0 saturated carbocycles. The molecule has 0 aromatic carbocycles. The van der Waals surface area contributed by atoms with E-state index in [1.54, 1.807) is 19.2 Å². The summed E-state index contributed by atoms with van der Waals surface area (Å²) in [7, 11) is 0. The average Bonchev–Trinajstić information content (AvgIpc) is 2.17. The maximum absolute atomic E-state index is 11.6. The number of hydrogen-bond acceptors (Lipinski definition) is 3. The molecule has 0 spiro atoms. The first kappa shape index (κ1) is 12.1. The molecule has 0 bridgehead atoms. The molecular formula is C9H10BrN3OS. The number of carbonyl (C=O) groups is 1. The Morgan fingerprint density at radius 3 is 2.87 bits per heavy atom. The first-order chi connectivity index (χ1) is 7.00. The van der Waals surface area contributed by atoms with E-state index in [9.17, 15) is 4.79 Å². The van der Waals surface area contributed by atoms with Crippen LogP contribution in [0.3, 0.4) is 0 Å². The minimum atomic E-state index is -0.327. The van der Waals surface area contributed by atoms with Gasteiger partial charge in [0.15, 0.2) is 0 Å². The van der Waals surface area contributed by atoms with Crippen LogP contribution >= 0.6 is 28.1 Å². The van der Waals surface area contributed by atoms with Crippen LogP contribution in [-0.4, -0.2) is 21.9 Å². The van der Waals surface area contributed by atoms with E-state index in [0.29, 0.717) is 5.56 Å². The second-order valence-corrected chi connectivity index (χ2v) is 4.38. The monoisotopic (exact) mass is 287 g/mol. The lowest BCUT2D eigenvalue weighted by molar-refractivity contribution is 0.0949. The summed E-state index contributed by atoms with van der Waals surface area (Å²) >= 11 is 7.98. The third kappa shape index (κ3) is 3.56. The van der Waals surface area contributed by atoms with Gasteiger partial charge in [-0.15, -0.1) is 0 Å². The Labute approximate surface area is 101 Å². The summed E-state index contributed by atoms with van der Waals surface area (Å²) in [5.74, 6) is -0.246. The van der Waals surface area contributed by atoms with E-state index >= 15 is 0 Å². The molecule has 3 N–H and O–H groups in total. The molecule has 15 heavy (non-hydrogen) atoms. The molecule has 4 nitrogen and oxygen atoms in total. The Morgan fingerprint density at radius 1 is 1.67 bits per heavy atom. The van der Waals surface area contributed by atoms with Gasteiger partial charge >= 0.3 is 0 Å². The van der Waals surface area contributed by atoms with Gasteiger partial charge in [-0.2, -0.15) is 0 Å². The summed E-state index contributed by atoms with van der Waals surface area (Å²) in [5.41, 5.74) is 5.85. The van der Waals surface area contributed by atoms with Crippen molar-refractivity contribution in [3.63, 3.8) is 0 Å². The maximum Gasteiger partial charge on any atom is 0.253 e. The summed E-state index contributed by atoms with van der Waals surface area (Å²) in [6.07, 6.45) is 3.08. The van der Waals surface area contributed by atoms with E-state index < -0.39 is 0 Å². The highest BCUT2D eigenvalue weighted by atomic mass is 79.9. The smallest absolute Gasteiger partial charge is 0.253 e. The summed E-state index contributed by atoms with van der Waals surface area (Å²) in [6, 6.07) is 1.35. The van der Waals surface area contributed by atoms with E-state index in [4.69, 9.17) is 18.0 Å². The van der Waals surface area contributed by atoms with Gasteiger partial charge in [0, 0.05) is 16.9 Å². The van der Waals surface area contributed by atoms with Crippen LogP contribution in [0.15, 0.2) is 22.9 Å². The topological polar surface area (TPSA) is 68.0 Å². The van der Waals surface area contributed by atoms with E-state index in [1.807, 2.05) is 0 Å². The summed E-state index contributed by atoms with van der Waals surface area (Å²) in [4.78, 5) is 15.8. The quantitative estimate of drug-likeness (QED) is 0.821. The SMILES string of the molecule is CC(NC(=O)c1cncc(Br)c1)C(N)=S. The molecule has 1 rings (SSSR count). The zero-order chi connectivity index (χ0) is 11.4. The van der Waals surface area contributed by atoms with Gasteiger partial charge in [0.05, 0.1) is 16.6 Å². The number of rotatable bonds is 3. The van der Waals surface area contributed by atoms with Crippen LogP contribution in [0, 0.1) is 0 Å². The highest BCUT2D eigenvalue weighted by Gasteiger charge is 2.11. The van der Waals surface area contributed by atoms with Crippen LogP contribution in [0.5, 0.6) is 0 Å². The predicted octanol–water partition coefficient (Wildman–Crippen LogP) is 1.25. The average molecular weight is 288 g/mol. The number of aromatic nitrogens is 1. The Morgan fingerprint density at radius 2 is 2.33 bits per heavy atom. The molecule has 80 valence electrons. The third-order valence-electron chi connectivity index (χ3n) is 1.74. The second kappa shape index (κ2) is 5.18. The van der Waals surface area contributed by atoms with Gasteiger partial charge in [0.1, 0.15) is 0 Å². The van der Waals surface area contributed by atoms with Crippen molar-refractivity contribution < 1.29 is 4.79 Å². The second-order valence-electron chi connectivity index (χ2n) is 2.99. The minimum Gasteiger partial charge on any atom is -0.392 e. The highest BCUT2D eigenvalue weighted by molar-refractivity contribution is 9.10. The van der Waals surface area contributed by atoms with Gasteiger partial charge in [0.25, 0.3) is 5.91 Å². The van der Waals surface area contributed by atoms with Crippen LogP contribution in [0.1, 0.15) is 17.3 Å². The number of nitrogens with zero attached hydrogens (tertiary/aromatic N) is 1. The van der Waals surface area contributed by atoms with E-state index in [2.05, 4.69) is 26.2 Å². The van der Waals surface area contributed by atoms with Gasteiger partial charge in [-0.05, 0) is 28.9 Å². The minimum absolute atomic E-state index is 0.246. The fraction of sp³-hybridized carbons (Fsp3) is 0.222. The zero-order valence-electron chi connectivity index (χ0n) is 8.03. The molecule has 1 heterocycles. The highest BCUT2D eigenvalue weighted by Crippen LogP contribution is 2.09. The molecule has 0 radical (unpaired) electrons. The van der Waals surface area contributed by atoms with Crippen molar-refractivity contribution in [2.75, 3.05) is 0 Å². The normalized spacial score (nSPS) is 11.9. The number of hydrogen-bond donors (Lipinski definition) is 2. The molecule has 1 atom stereocenters. The lowest BCUT2D eigenvalue weighted by Gasteiger charge is -2.11. The van der Waals surface area contributed by atoms with Gasteiger partial charge < -0.3 is 11.1 Å². The summed E-state index contributed by atoms with van der Waals surface area (Å²) in [5, 5.41) is 2.66. The van der Waals surface area contributed by atoms with Crippen molar-refractivity contribution in [3.05, 3.63) is 28.5 Å². The zero-order valence-corrected chi connectivity index (χ0v) is 10.4. The predicted molar refractivity (Wildman–Crippen MR) is 65.7 cm³/mol. The molecular weight excluding hydrogens is 278 g/mol. The Kier molecular flexibility index (Phi) is 4.16. The first-order valence-corrected chi connectivity index (χ1v) is 5.41. The Bertz CT molecular complexity index is 397. The number of carbonyl (C=O) groups excluding carboxylic acids is 1. The molecule has 0 aliphatic carbocycles. The number of thiocarbonyl (C=S) groups is 1. The lowest BCUT2D eigenvalue weighted by atomic mass is 10.2. The van der Waals surface area contributed by atoms with Crippen molar-refractivity contribution >= 4 is 39.0 Å². The number of pyridine rings is 1. The Balaban J connectivity index is 2.73. The van der Waals surface area contributed by atoms with Crippen LogP contribution < -0.4 is 11.1 Å². The number of halogens is 1. The fourth-order valence-corrected chi connectivity index (χ4v) is 1.31. The molecule has 0 aliphatic rings. The number of nitrogens with two attached hydrogens (primary N) is 1. The Hall–Kier alpha value is -1.01. The van der Waals surface area contributed by atoms with Crippen LogP contribution in [0.2, 0.25) is 0 Å². The van der Waals surface area contributed by atoms with Crippen LogP contribution in [0.25, 0.3) is 0 Å². The number of amides is 1. The van der Waals surface area contributed by atoms with Crippen LogP contribution in [0.4, 0.5) is 0 Å². The van der Waals surface area contributed by atoms with Crippen LogP contribution in [-0.2, 0) is 0 Å². The van der Waals surface area contributed by atoms with Crippen molar-refractivity contribution in [1.82, 2.24) is 10.3 Å². The van der Waals surface area contributed by atoms with Gasteiger partial charge in [-0.3, -0.25) is 9.78 Å². The molecule has 6 heteroatoms. The standard InChI is InChI=1S/C9H10BrN3OS/c1-5(8(11)15)13-9(14)6-2-7(10)4-12-3-6/h2-5H,1H3,(H2,11,15)(H,13,14). The van der Waals surface area contributed by atoms with E-state index in [0.717, 1.165) is 4.47 Å². The van der Waals surface area contributed by atoms with Gasteiger partial charge in [-0.1, -0.05) is 12.2 Å². The lowest BCUT2D eigenvalue weighted by Crippen LogP contribution is -2.41. The molecule has 0 aliphatic heterocycles. The largest absolute Gasteiger partial charge is 0.392 e. The molecule has 1 aromatic heterocycles. The maximum atomic E-state index is 11.6. The molecule has 0 fully saturated rings. The molecule has 1 unspecified atom stereocenters. The van der Waals surface area contributed by atoms with Gasteiger partial charge in [-0.25, -0.2) is 0 Å². The van der Waals surface area contributed by atoms with Crippen molar-refractivity contribution in [2.24, 2.45) is 5.73 Å². The van der Waals surface area contributed by atoms with Crippen molar-refractivity contribution in [2.45, 2.75) is 13.0 Å².